The number of nitroso groups, excluding NO2 is 1. The van der Waals surface area contributed by atoms with Crippen LogP contribution in [0, 0.1) is 4.91 Å². The average molecular weight is 102 g/mol. The van der Waals surface area contributed by atoms with E-state index in [9.17, 15) is 9.70 Å². The lowest BCUT2D eigenvalue weighted by Crippen LogP contribution is -2.24. The summed E-state index contributed by atoms with van der Waals surface area (Å²) in [6.07, 6.45) is 0. The van der Waals surface area contributed by atoms with Crippen LogP contribution >= 0.6 is 0 Å². The fraction of sp³-hybridized carbons (Fsp3) is 0.667. The molecule has 0 radical (unpaired) electrons. The van der Waals surface area contributed by atoms with Crippen LogP contribution in [-0.4, -0.2) is 11.9 Å². The molecule has 0 spiro atoms. The number of nitrogens with two attached hydrogens (primary N) is 1. The predicted octanol–water partition coefficient (Wildman–Crippen LogP) is -0.373. The van der Waals surface area contributed by atoms with Crippen molar-refractivity contribution in [2.45, 2.75) is 13.0 Å². The van der Waals surface area contributed by atoms with Crippen LogP contribution < -0.4 is 5.73 Å². The Kier molecular flexibility index (Phi) is 2.15. The van der Waals surface area contributed by atoms with Gasteiger partial charge in [-0.25, -0.2) is 0 Å². The van der Waals surface area contributed by atoms with Crippen LogP contribution in [0.3, 0.4) is 0 Å². The van der Waals surface area contributed by atoms with Gasteiger partial charge in [0.15, 0.2) is 0 Å². The van der Waals surface area contributed by atoms with Crippen molar-refractivity contribution in [1.29, 1.82) is 0 Å². The van der Waals surface area contributed by atoms with Crippen LogP contribution in [0.25, 0.3) is 0 Å². The zero-order valence-electron chi connectivity index (χ0n) is 3.92. The molecule has 0 aliphatic rings. The van der Waals surface area contributed by atoms with Crippen LogP contribution in [0.1, 0.15) is 6.92 Å². The number of nitrogens with zero attached hydrogens (tertiary/aromatic N) is 1. The number of hydrogen-bond donors (Lipinski definition) is 1. The maximum absolute atomic E-state index is 9.91. The summed E-state index contributed by atoms with van der Waals surface area (Å²) in [6, 6.07) is -0.752. The SMILES string of the molecule is C[C@@H](N)C(=O)N=O. The second-order valence-corrected chi connectivity index (χ2v) is 1.22. The van der Waals surface area contributed by atoms with E-state index in [1.54, 1.807) is 0 Å². The number of carbonyl (C=O) groups is 1. The molecule has 1 amide bonds. The van der Waals surface area contributed by atoms with Crippen LogP contribution in [0.4, 0.5) is 0 Å². The third-order valence-corrected chi connectivity index (χ3v) is 0.479. The standard InChI is InChI=1S/C3H6N2O2/c1-2(4)3(6)5-7/h2H,4H2,1H3/t2-/m1/s1. The number of rotatable bonds is 1. The highest BCUT2D eigenvalue weighted by molar-refractivity contribution is 5.81. The lowest BCUT2D eigenvalue weighted by atomic mass is 10.4. The van der Waals surface area contributed by atoms with E-state index in [0.29, 0.717) is 0 Å². The highest BCUT2D eigenvalue weighted by atomic mass is 16.3. The smallest absolute Gasteiger partial charge is 0.302 e. The second-order valence-electron chi connectivity index (χ2n) is 1.22. The molecule has 0 fully saturated rings. The maximum atomic E-state index is 9.91. The minimum atomic E-state index is -0.806. The first-order valence-corrected chi connectivity index (χ1v) is 1.81. The van der Waals surface area contributed by atoms with Gasteiger partial charge in [0.05, 0.1) is 6.04 Å². The third kappa shape index (κ3) is 1.99. The fourth-order valence-corrected chi connectivity index (χ4v) is 0.0831. The summed E-state index contributed by atoms with van der Waals surface area (Å²) in [7, 11) is 0. The Morgan fingerprint density at radius 2 is 2.29 bits per heavy atom. The minimum Gasteiger partial charge on any atom is -0.320 e. The molecule has 0 bridgehead atoms. The molecule has 4 nitrogen and oxygen atoms in total. The van der Waals surface area contributed by atoms with Crippen LogP contribution in [0.2, 0.25) is 0 Å². The third-order valence-electron chi connectivity index (χ3n) is 0.479. The van der Waals surface area contributed by atoms with E-state index in [4.69, 9.17) is 5.73 Å². The molecule has 4 heteroatoms. The molecule has 0 saturated heterocycles. The molecule has 7 heavy (non-hydrogen) atoms. The summed E-state index contributed by atoms with van der Waals surface area (Å²) in [5.41, 5.74) is 4.90. The van der Waals surface area contributed by atoms with E-state index in [1.807, 2.05) is 0 Å². The molecule has 0 unspecified atom stereocenters. The largest absolute Gasteiger partial charge is 0.320 e. The van der Waals surface area contributed by atoms with E-state index in [2.05, 4.69) is 5.18 Å². The van der Waals surface area contributed by atoms with Crippen molar-refractivity contribution < 1.29 is 4.79 Å². The average Bonchev–Trinajstić information content (AvgIpc) is 1.65. The normalized spacial score (nSPS) is 12.9. The predicted molar refractivity (Wildman–Crippen MR) is 24.5 cm³/mol. The Morgan fingerprint density at radius 3 is 2.29 bits per heavy atom. The topological polar surface area (TPSA) is 72.5 Å². The molecule has 2 N–H and O–H groups in total. The van der Waals surface area contributed by atoms with Gasteiger partial charge in [-0.05, 0) is 6.92 Å². The fourth-order valence-electron chi connectivity index (χ4n) is 0.0831. The quantitative estimate of drug-likeness (QED) is 0.459. The molecule has 0 aromatic heterocycles. The van der Waals surface area contributed by atoms with Crippen molar-refractivity contribution >= 4 is 5.91 Å². The van der Waals surface area contributed by atoms with E-state index in [-0.39, 0.29) is 0 Å². The van der Waals surface area contributed by atoms with Crippen molar-refractivity contribution in [3.8, 4) is 0 Å². The number of hydrogen-bond acceptors (Lipinski definition) is 3. The van der Waals surface area contributed by atoms with Crippen molar-refractivity contribution in [3.05, 3.63) is 4.91 Å². The van der Waals surface area contributed by atoms with Crippen molar-refractivity contribution in [1.82, 2.24) is 0 Å². The maximum Gasteiger partial charge on any atom is 0.302 e. The molecule has 0 heterocycles. The van der Waals surface area contributed by atoms with Gasteiger partial charge in [-0.2, -0.15) is 0 Å². The van der Waals surface area contributed by atoms with Crippen molar-refractivity contribution in [2.75, 3.05) is 0 Å². The molecule has 0 aromatic rings. The van der Waals surface area contributed by atoms with E-state index in [0.717, 1.165) is 0 Å². The molecule has 1 atom stereocenters. The lowest BCUT2D eigenvalue weighted by molar-refractivity contribution is -0.118. The minimum absolute atomic E-state index is 0.752. The Balaban J connectivity index is 3.56. The Bertz CT molecular complexity index is 88.9. The van der Waals surface area contributed by atoms with Crippen molar-refractivity contribution in [2.24, 2.45) is 10.9 Å². The summed E-state index contributed by atoms with van der Waals surface area (Å²) in [5.74, 6) is -0.806. The number of amides is 1. The molecule has 0 rings (SSSR count). The number of carbonyl (C=O) groups excluding carboxylic acids is 1. The Morgan fingerprint density at radius 1 is 1.86 bits per heavy atom. The van der Waals surface area contributed by atoms with Crippen LogP contribution in [0.5, 0.6) is 0 Å². The van der Waals surface area contributed by atoms with Gasteiger partial charge >= 0.3 is 5.91 Å². The molecular weight excluding hydrogens is 96.0 g/mol. The van der Waals surface area contributed by atoms with Gasteiger partial charge in [0.1, 0.15) is 0 Å². The van der Waals surface area contributed by atoms with Gasteiger partial charge in [0.2, 0.25) is 0 Å². The van der Waals surface area contributed by atoms with E-state index >= 15 is 0 Å². The summed E-state index contributed by atoms with van der Waals surface area (Å²) in [4.78, 5) is 19.2. The monoisotopic (exact) mass is 102 g/mol. The summed E-state index contributed by atoms with van der Waals surface area (Å²) in [6.45, 7) is 1.41. The molecule has 0 saturated carbocycles. The van der Waals surface area contributed by atoms with Gasteiger partial charge in [-0.3, -0.25) is 4.79 Å². The lowest BCUT2D eigenvalue weighted by Gasteiger charge is -1.89. The highest BCUT2D eigenvalue weighted by Crippen LogP contribution is 1.77. The Hall–Kier alpha value is -0.770. The van der Waals surface area contributed by atoms with Gasteiger partial charge in [0.25, 0.3) is 0 Å². The van der Waals surface area contributed by atoms with Gasteiger partial charge in [-0.1, -0.05) is 0 Å². The highest BCUT2D eigenvalue weighted by Gasteiger charge is 2.04. The Labute approximate surface area is 40.7 Å². The van der Waals surface area contributed by atoms with E-state index in [1.165, 1.54) is 6.92 Å². The van der Waals surface area contributed by atoms with Crippen LogP contribution in [0.15, 0.2) is 5.18 Å². The first-order valence-electron chi connectivity index (χ1n) is 1.81. The zero-order valence-corrected chi connectivity index (χ0v) is 3.92. The first-order chi connectivity index (χ1) is 3.18. The van der Waals surface area contributed by atoms with Crippen molar-refractivity contribution in [3.63, 3.8) is 0 Å². The molecular formula is C3H6N2O2. The zero-order chi connectivity index (χ0) is 5.86. The molecule has 0 aliphatic heterocycles. The van der Waals surface area contributed by atoms with E-state index < -0.39 is 11.9 Å². The summed E-state index contributed by atoms with van der Waals surface area (Å²) >= 11 is 0. The second kappa shape index (κ2) is 2.41. The van der Waals surface area contributed by atoms with Gasteiger partial charge < -0.3 is 5.73 Å². The summed E-state index contributed by atoms with van der Waals surface area (Å²) in [5, 5.41) is 2.07. The van der Waals surface area contributed by atoms with Gasteiger partial charge in [-0.15, -0.1) is 4.91 Å². The first kappa shape index (κ1) is 6.23. The molecule has 0 aromatic carbocycles. The van der Waals surface area contributed by atoms with Gasteiger partial charge in [0, 0.05) is 5.18 Å². The summed E-state index contributed by atoms with van der Waals surface area (Å²) < 4.78 is 0. The molecule has 40 valence electrons. The van der Waals surface area contributed by atoms with Crippen LogP contribution in [-0.2, 0) is 4.79 Å². The molecule has 0 aliphatic carbocycles.